The summed E-state index contributed by atoms with van der Waals surface area (Å²) < 4.78 is 0. The third-order valence-corrected chi connectivity index (χ3v) is 2.00. The van der Waals surface area contributed by atoms with Crippen LogP contribution in [0.3, 0.4) is 0 Å². The van der Waals surface area contributed by atoms with Crippen molar-refractivity contribution in [2.24, 2.45) is 5.73 Å². The SMILES string of the molecule is CC.CC.CC[C@H](N)Cc1ccc(N)cc1. The van der Waals surface area contributed by atoms with E-state index in [-0.39, 0.29) is 6.04 Å². The lowest BCUT2D eigenvalue weighted by molar-refractivity contribution is 0.646. The van der Waals surface area contributed by atoms with Crippen molar-refractivity contribution >= 4 is 5.69 Å². The minimum Gasteiger partial charge on any atom is -0.399 e. The molecule has 2 heteroatoms. The van der Waals surface area contributed by atoms with Gasteiger partial charge in [0.25, 0.3) is 0 Å². The maximum atomic E-state index is 5.81. The van der Waals surface area contributed by atoms with Gasteiger partial charge in [0.2, 0.25) is 0 Å². The molecule has 0 saturated heterocycles. The van der Waals surface area contributed by atoms with Crippen LogP contribution in [0.2, 0.25) is 0 Å². The Morgan fingerprint density at radius 3 is 1.81 bits per heavy atom. The van der Waals surface area contributed by atoms with E-state index in [2.05, 4.69) is 6.92 Å². The highest BCUT2D eigenvalue weighted by Gasteiger charge is 1.99. The first-order valence-electron chi connectivity index (χ1n) is 6.32. The van der Waals surface area contributed by atoms with Crippen molar-refractivity contribution in [2.45, 2.75) is 53.5 Å². The Bertz CT molecular complexity index is 229. The van der Waals surface area contributed by atoms with Gasteiger partial charge in [0.05, 0.1) is 0 Å². The first-order chi connectivity index (χ1) is 7.72. The van der Waals surface area contributed by atoms with E-state index >= 15 is 0 Å². The minimum atomic E-state index is 0.272. The summed E-state index contributed by atoms with van der Waals surface area (Å²) in [4.78, 5) is 0. The smallest absolute Gasteiger partial charge is 0.0314 e. The van der Waals surface area contributed by atoms with Crippen LogP contribution >= 0.6 is 0 Å². The molecule has 2 nitrogen and oxygen atoms in total. The molecule has 0 aromatic heterocycles. The summed E-state index contributed by atoms with van der Waals surface area (Å²) in [6.07, 6.45) is 1.96. The number of nitrogen functional groups attached to an aromatic ring is 1. The molecule has 0 spiro atoms. The molecule has 0 fully saturated rings. The van der Waals surface area contributed by atoms with Crippen LogP contribution in [-0.2, 0) is 6.42 Å². The third kappa shape index (κ3) is 8.30. The Balaban J connectivity index is 0. The number of benzene rings is 1. The van der Waals surface area contributed by atoms with Crippen LogP contribution in [0.4, 0.5) is 5.69 Å². The van der Waals surface area contributed by atoms with E-state index in [1.165, 1.54) is 5.56 Å². The van der Waals surface area contributed by atoms with E-state index in [4.69, 9.17) is 11.5 Å². The first kappa shape index (κ1) is 17.4. The predicted molar refractivity (Wildman–Crippen MR) is 75.5 cm³/mol. The maximum absolute atomic E-state index is 5.81. The summed E-state index contributed by atoms with van der Waals surface area (Å²) in [5.41, 5.74) is 13.4. The molecule has 16 heavy (non-hydrogen) atoms. The van der Waals surface area contributed by atoms with Crippen LogP contribution in [0.1, 0.15) is 46.6 Å². The van der Waals surface area contributed by atoms with E-state index in [0.717, 1.165) is 18.5 Å². The van der Waals surface area contributed by atoms with Crippen molar-refractivity contribution in [3.05, 3.63) is 29.8 Å². The summed E-state index contributed by atoms with van der Waals surface area (Å²) in [6, 6.07) is 8.17. The highest BCUT2D eigenvalue weighted by Crippen LogP contribution is 2.07. The van der Waals surface area contributed by atoms with Gasteiger partial charge in [0, 0.05) is 11.7 Å². The first-order valence-corrected chi connectivity index (χ1v) is 6.32. The van der Waals surface area contributed by atoms with Gasteiger partial charge >= 0.3 is 0 Å². The fourth-order valence-corrected chi connectivity index (χ4v) is 1.10. The van der Waals surface area contributed by atoms with Crippen molar-refractivity contribution in [3.63, 3.8) is 0 Å². The molecule has 0 unspecified atom stereocenters. The second-order valence-corrected chi connectivity index (χ2v) is 3.11. The van der Waals surface area contributed by atoms with E-state index in [9.17, 15) is 0 Å². The summed E-state index contributed by atoms with van der Waals surface area (Å²) >= 11 is 0. The Kier molecular flexibility index (Phi) is 13.1. The van der Waals surface area contributed by atoms with Crippen molar-refractivity contribution < 1.29 is 0 Å². The van der Waals surface area contributed by atoms with Crippen LogP contribution < -0.4 is 11.5 Å². The van der Waals surface area contributed by atoms with Gasteiger partial charge in [-0.2, -0.15) is 0 Å². The lowest BCUT2D eigenvalue weighted by Crippen LogP contribution is -2.21. The van der Waals surface area contributed by atoms with Crippen LogP contribution in [0.5, 0.6) is 0 Å². The summed E-state index contributed by atoms with van der Waals surface area (Å²) in [5, 5.41) is 0. The number of hydrogen-bond donors (Lipinski definition) is 2. The molecule has 0 aliphatic rings. The fraction of sp³-hybridized carbons (Fsp3) is 0.571. The lowest BCUT2D eigenvalue weighted by atomic mass is 10.0. The molecule has 1 aromatic carbocycles. The molecule has 0 bridgehead atoms. The molecule has 94 valence electrons. The Hall–Kier alpha value is -1.02. The van der Waals surface area contributed by atoms with Gasteiger partial charge in [0.1, 0.15) is 0 Å². The van der Waals surface area contributed by atoms with Gasteiger partial charge in [-0.05, 0) is 30.5 Å². The number of hydrogen-bond acceptors (Lipinski definition) is 2. The zero-order chi connectivity index (χ0) is 13.0. The van der Waals surface area contributed by atoms with E-state index in [1.54, 1.807) is 0 Å². The quantitative estimate of drug-likeness (QED) is 0.771. The summed E-state index contributed by atoms with van der Waals surface area (Å²) in [6.45, 7) is 10.1. The Morgan fingerprint density at radius 1 is 1.00 bits per heavy atom. The van der Waals surface area contributed by atoms with Crippen LogP contribution in [0, 0.1) is 0 Å². The molecule has 1 atom stereocenters. The Labute approximate surface area is 101 Å². The van der Waals surface area contributed by atoms with Crippen molar-refractivity contribution in [1.82, 2.24) is 0 Å². The topological polar surface area (TPSA) is 52.0 Å². The molecule has 0 heterocycles. The fourth-order valence-electron chi connectivity index (χ4n) is 1.10. The standard InChI is InChI=1S/C10H16N2.2C2H6/c1-2-9(11)7-8-3-5-10(12)6-4-8;2*1-2/h3-6,9H,2,7,11-12H2,1H3;2*1-2H3/t9-;;/m0../s1. The summed E-state index contributed by atoms with van der Waals surface area (Å²) in [7, 11) is 0. The largest absolute Gasteiger partial charge is 0.399 e. The molecule has 0 aliphatic carbocycles. The van der Waals surface area contributed by atoms with Gasteiger partial charge in [-0.25, -0.2) is 0 Å². The van der Waals surface area contributed by atoms with Crippen molar-refractivity contribution in [3.8, 4) is 0 Å². The minimum absolute atomic E-state index is 0.272. The van der Waals surface area contributed by atoms with E-state index in [1.807, 2.05) is 52.0 Å². The van der Waals surface area contributed by atoms with Crippen LogP contribution in [0.15, 0.2) is 24.3 Å². The molecule has 0 saturated carbocycles. The second kappa shape index (κ2) is 12.1. The van der Waals surface area contributed by atoms with Gasteiger partial charge in [0.15, 0.2) is 0 Å². The average Bonchev–Trinajstić information content (AvgIpc) is 2.37. The molecule has 0 radical (unpaired) electrons. The molecular formula is C14H28N2. The molecule has 4 N–H and O–H groups in total. The zero-order valence-electron chi connectivity index (χ0n) is 11.5. The maximum Gasteiger partial charge on any atom is 0.0314 e. The number of anilines is 1. The van der Waals surface area contributed by atoms with Gasteiger partial charge in [-0.3, -0.25) is 0 Å². The Morgan fingerprint density at radius 2 is 1.44 bits per heavy atom. The molecule has 0 aliphatic heterocycles. The van der Waals surface area contributed by atoms with E-state index in [0.29, 0.717) is 0 Å². The number of nitrogens with two attached hydrogens (primary N) is 2. The third-order valence-electron chi connectivity index (χ3n) is 2.00. The normalized spacial score (nSPS) is 10.4. The molecule has 1 aromatic rings. The molecular weight excluding hydrogens is 196 g/mol. The second-order valence-electron chi connectivity index (χ2n) is 3.11. The van der Waals surface area contributed by atoms with E-state index < -0.39 is 0 Å². The monoisotopic (exact) mass is 224 g/mol. The van der Waals surface area contributed by atoms with Gasteiger partial charge < -0.3 is 11.5 Å². The van der Waals surface area contributed by atoms with Crippen LogP contribution in [0.25, 0.3) is 0 Å². The molecule has 0 amide bonds. The highest BCUT2D eigenvalue weighted by atomic mass is 14.6. The molecule has 1 rings (SSSR count). The predicted octanol–water partition coefficient (Wildman–Crippen LogP) is 3.60. The van der Waals surface area contributed by atoms with Crippen LogP contribution in [-0.4, -0.2) is 6.04 Å². The highest BCUT2D eigenvalue weighted by molar-refractivity contribution is 5.39. The van der Waals surface area contributed by atoms with Gasteiger partial charge in [-0.1, -0.05) is 46.8 Å². The summed E-state index contributed by atoms with van der Waals surface area (Å²) in [5.74, 6) is 0. The zero-order valence-corrected chi connectivity index (χ0v) is 11.5. The average molecular weight is 224 g/mol. The van der Waals surface area contributed by atoms with Crippen molar-refractivity contribution in [2.75, 3.05) is 5.73 Å². The van der Waals surface area contributed by atoms with Gasteiger partial charge in [-0.15, -0.1) is 0 Å². The number of rotatable bonds is 3. The van der Waals surface area contributed by atoms with Crippen molar-refractivity contribution in [1.29, 1.82) is 0 Å². The lowest BCUT2D eigenvalue weighted by Gasteiger charge is -2.08.